The van der Waals surface area contributed by atoms with E-state index in [0.717, 1.165) is 4.90 Å². The summed E-state index contributed by atoms with van der Waals surface area (Å²) in [6, 6.07) is 1.38. The quantitative estimate of drug-likeness (QED) is 0.396. The molecule has 0 atom stereocenters. The van der Waals surface area contributed by atoms with Crippen LogP contribution in [0, 0.1) is 0 Å². The Morgan fingerprint density at radius 2 is 1.67 bits per heavy atom. The standard InChI is InChI=1S/C9H10N4O2/c1-13-8(14)3-2-4(10)6(11)7(12)5(3)9(13)15/h2H,10-12H2,1H3. The van der Waals surface area contributed by atoms with E-state index >= 15 is 0 Å². The molecular formula is C9H10N4O2. The van der Waals surface area contributed by atoms with Crippen molar-refractivity contribution in [3.8, 4) is 0 Å². The number of amides is 2. The molecule has 0 saturated heterocycles. The van der Waals surface area contributed by atoms with Crippen LogP contribution in [-0.4, -0.2) is 23.8 Å². The molecule has 0 saturated carbocycles. The second kappa shape index (κ2) is 2.63. The van der Waals surface area contributed by atoms with E-state index in [9.17, 15) is 9.59 Å². The Morgan fingerprint density at radius 1 is 1.07 bits per heavy atom. The van der Waals surface area contributed by atoms with Crippen LogP contribution in [0.1, 0.15) is 20.7 Å². The zero-order valence-electron chi connectivity index (χ0n) is 8.07. The van der Waals surface area contributed by atoms with E-state index in [1.807, 2.05) is 0 Å². The van der Waals surface area contributed by atoms with Gasteiger partial charge in [0.1, 0.15) is 0 Å². The maximum atomic E-state index is 11.6. The minimum Gasteiger partial charge on any atom is -0.397 e. The lowest BCUT2D eigenvalue weighted by Crippen LogP contribution is -2.24. The van der Waals surface area contributed by atoms with Gasteiger partial charge in [-0.25, -0.2) is 0 Å². The largest absolute Gasteiger partial charge is 0.397 e. The summed E-state index contributed by atoms with van der Waals surface area (Å²) in [7, 11) is 1.39. The van der Waals surface area contributed by atoms with E-state index in [1.165, 1.54) is 13.1 Å². The number of anilines is 3. The molecule has 0 unspecified atom stereocenters. The van der Waals surface area contributed by atoms with Crippen molar-refractivity contribution < 1.29 is 9.59 Å². The Hall–Kier alpha value is -2.24. The van der Waals surface area contributed by atoms with Crippen LogP contribution in [0.15, 0.2) is 6.07 Å². The summed E-state index contributed by atoms with van der Waals surface area (Å²) in [4.78, 5) is 24.2. The van der Waals surface area contributed by atoms with Crippen LogP contribution in [0.3, 0.4) is 0 Å². The summed E-state index contributed by atoms with van der Waals surface area (Å²) in [5, 5.41) is 0. The number of imide groups is 1. The Labute approximate surface area is 85.6 Å². The van der Waals surface area contributed by atoms with Crippen molar-refractivity contribution >= 4 is 28.9 Å². The molecule has 0 radical (unpaired) electrons. The molecule has 0 bridgehead atoms. The Kier molecular flexibility index (Phi) is 1.63. The molecule has 1 aromatic carbocycles. The highest BCUT2D eigenvalue weighted by atomic mass is 16.2. The first-order valence-corrected chi connectivity index (χ1v) is 4.25. The summed E-state index contributed by atoms with van der Waals surface area (Å²) in [5.74, 6) is -0.854. The predicted octanol–water partition coefficient (Wildman–Crippen LogP) is -0.341. The molecule has 0 aliphatic carbocycles. The molecule has 0 fully saturated rings. The summed E-state index contributed by atoms with van der Waals surface area (Å²) in [6.07, 6.45) is 0. The molecule has 2 rings (SSSR count). The average molecular weight is 206 g/mol. The first-order chi connectivity index (χ1) is 6.95. The Bertz CT molecular complexity index is 495. The third-order valence-corrected chi connectivity index (χ3v) is 2.49. The van der Waals surface area contributed by atoms with E-state index in [4.69, 9.17) is 17.2 Å². The topological polar surface area (TPSA) is 115 Å². The van der Waals surface area contributed by atoms with E-state index < -0.39 is 11.8 Å². The number of carbonyl (C=O) groups excluding carboxylic acids is 2. The summed E-state index contributed by atoms with van der Waals surface area (Å²) in [6.45, 7) is 0. The summed E-state index contributed by atoms with van der Waals surface area (Å²) >= 11 is 0. The smallest absolute Gasteiger partial charge is 0.263 e. The van der Waals surface area contributed by atoms with Crippen LogP contribution in [0.2, 0.25) is 0 Å². The number of benzene rings is 1. The molecule has 6 nitrogen and oxygen atoms in total. The number of carbonyl (C=O) groups is 2. The molecule has 0 aromatic heterocycles. The number of hydrogen-bond acceptors (Lipinski definition) is 5. The van der Waals surface area contributed by atoms with E-state index in [-0.39, 0.29) is 28.2 Å². The molecule has 6 N–H and O–H groups in total. The molecule has 1 aliphatic rings. The fourth-order valence-corrected chi connectivity index (χ4v) is 1.58. The van der Waals surface area contributed by atoms with Crippen molar-refractivity contribution in [2.24, 2.45) is 0 Å². The first-order valence-electron chi connectivity index (χ1n) is 4.25. The van der Waals surface area contributed by atoms with Gasteiger partial charge in [-0.3, -0.25) is 14.5 Å². The van der Waals surface area contributed by atoms with Crippen LogP contribution in [0.25, 0.3) is 0 Å². The average Bonchev–Trinajstić information content (AvgIpc) is 2.40. The van der Waals surface area contributed by atoms with Crippen molar-refractivity contribution in [1.82, 2.24) is 4.90 Å². The molecule has 2 amide bonds. The van der Waals surface area contributed by atoms with Crippen molar-refractivity contribution in [1.29, 1.82) is 0 Å². The monoisotopic (exact) mass is 206 g/mol. The van der Waals surface area contributed by atoms with Crippen LogP contribution >= 0.6 is 0 Å². The maximum absolute atomic E-state index is 11.6. The third kappa shape index (κ3) is 0.983. The van der Waals surface area contributed by atoms with Crippen LogP contribution in [0.5, 0.6) is 0 Å². The van der Waals surface area contributed by atoms with Crippen molar-refractivity contribution in [2.45, 2.75) is 0 Å². The lowest BCUT2D eigenvalue weighted by atomic mass is 10.0. The van der Waals surface area contributed by atoms with Crippen LogP contribution in [0.4, 0.5) is 17.1 Å². The van der Waals surface area contributed by atoms with Crippen molar-refractivity contribution in [3.05, 3.63) is 17.2 Å². The molecule has 1 aliphatic heterocycles. The fourth-order valence-electron chi connectivity index (χ4n) is 1.58. The van der Waals surface area contributed by atoms with Gasteiger partial charge in [-0.05, 0) is 6.07 Å². The predicted molar refractivity (Wildman–Crippen MR) is 56.1 cm³/mol. The Morgan fingerprint density at radius 3 is 2.27 bits per heavy atom. The van der Waals surface area contributed by atoms with Crippen LogP contribution < -0.4 is 17.2 Å². The minimum absolute atomic E-state index is 0.0766. The highest BCUT2D eigenvalue weighted by molar-refractivity contribution is 6.25. The van der Waals surface area contributed by atoms with Gasteiger partial charge in [0.2, 0.25) is 0 Å². The highest BCUT2D eigenvalue weighted by Crippen LogP contribution is 2.34. The first kappa shape index (κ1) is 9.32. The number of nitrogen functional groups attached to an aromatic ring is 3. The summed E-state index contributed by atoms with van der Waals surface area (Å²) < 4.78 is 0. The fraction of sp³-hybridized carbons (Fsp3) is 0.111. The second-order valence-electron chi connectivity index (χ2n) is 3.39. The highest BCUT2D eigenvalue weighted by Gasteiger charge is 2.35. The van der Waals surface area contributed by atoms with Gasteiger partial charge in [-0.2, -0.15) is 0 Å². The van der Waals surface area contributed by atoms with E-state index in [2.05, 4.69) is 0 Å². The zero-order chi connectivity index (χ0) is 11.3. The molecule has 15 heavy (non-hydrogen) atoms. The van der Waals surface area contributed by atoms with Gasteiger partial charge in [-0.1, -0.05) is 0 Å². The van der Waals surface area contributed by atoms with Gasteiger partial charge in [0.25, 0.3) is 11.8 Å². The van der Waals surface area contributed by atoms with Gasteiger partial charge in [0.15, 0.2) is 0 Å². The Balaban J connectivity index is 2.81. The third-order valence-electron chi connectivity index (χ3n) is 2.49. The van der Waals surface area contributed by atoms with Gasteiger partial charge >= 0.3 is 0 Å². The van der Waals surface area contributed by atoms with E-state index in [0.29, 0.717) is 0 Å². The molecule has 6 heteroatoms. The van der Waals surface area contributed by atoms with E-state index in [1.54, 1.807) is 0 Å². The zero-order valence-corrected chi connectivity index (χ0v) is 8.07. The van der Waals surface area contributed by atoms with Gasteiger partial charge < -0.3 is 17.2 Å². The van der Waals surface area contributed by atoms with Crippen LogP contribution in [-0.2, 0) is 0 Å². The number of nitrogens with zero attached hydrogens (tertiary/aromatic N) is 1. The molecule has 1 heterocycles. The maximum Gasteiger partial charge on any atom is 0.263 e. The summed E-state index contributed by atoms with van der Waals surface area (Å²) in [5.41, 5.74) is 17.6. The second-order valence-corrected chi connectivity index (χ2v) is 3.39. The molecular weight excluding hydrogens is 196 g/mol. The SMILES string of the molecule is CN1C(=O)c2cc(N)c(N)c(N)c2C1=O. The minimum atomic E-state index is -0.445. The van der Waals surface area contributed by atoms with Gasteiger partial charge in [0.05, 0.1) is 28.2 Å². The number of hydrogen-bond donors (Lipinski definition) is 3. The van der Waals surface area contributed by atoms with Crippen molar-refractivity contribution in [3.63, 3.8) is 0 Å². The number of nitrogens with two attached hydrogens (primary N) is 3. The number of rotatable bonds is 0. The van der Waals surface area contributed by atoms with Crippen molar-refractivity contribution in [2.75, 3.05) is 24.2 Å². The molecule has 0 spiro atoms. The normalized spacial score (nSPS) is 14.6. The molecule has 1 aromatic rings. The van der Waals surface area contributed by atoms with Gasteiger partial charge in [-0.15, -0.1) is 0 Å². The lowest BCUT2D eigenvalue weighted by molar-refractivity contribution is 0.0693. The van der Waals surface area contributed by atoms with Gasteiger partial charge in [0, 0.05) is 7.05 Å². The molecule has 78 valence electrons. The lowest BCUT2D eigenvalue weighted by Gasteiger charge is -2.07. The number of fused-ring (bicyclic) bond motifs is 1.